The number of morpholine rings is 1. The maximum Gasteiger partial charge on any atom is 0.129 e. The van der Waals surface area contributed by atoms with Crippen LogP contribution in [0.25, 0.3) is 0 Å². The van der Waals surface area contributed by atoms with E-state index < -0.39 is 0 Å². The highest BCUT2D eigenvalue weighted by Crippen LogP contribution is 2.22. The van der Waals surface area contributed by atoms with Gasteiger partial charge in [0.15, 0.2) is 0 Å². The van der Waals surface area contributed by atoms with Gasteiger partial charge in [0, 0.05) is 18.8 Å². The van der Waals surface area contributed by atoms with Crippen molar-refractivity contribution in [1.29, 1.82) is 0 Å². The molecule has 1 N–H and O–H groups in total. The molecule has 4 heteroatoms. The van der Waals surface area contributed by atoms with Crippen molar-refractivity contribution in [3.8, 4) is 0 Å². The Morgan fingerprint density at radius 3 is 2.86 bits per heavy atom. The number of pyridine rings is 1. The number of anilines is 1. The number of nitrogens with one attached hydrogen (secondary N) is 1. The van der Waals surface area contributed by atoms with Gasteiger partial charge >= 0.3 is 0 Å². The number of hydrogen-bond donors (Lipinski definition) is 1. The SMILES string of the molecule is CCCc1cc(CNCC)cc(N2CC(C)OCC2C)n1. The summed E-state index contributed by atoms with van der Waals surface area (Å²) in [6.07, 6.45) is 2.45. The summed E-state index contributed by atoms with van der Waals surface area (Å²) in [4.78, 5) is 7.27. The lowest BCUT2D eigenvalue weighted by atomic mass is 10.1. The van der Waals surface area contributed by atoms with E-state index in [-0.39, 0.29) is 6.10 Å². The molecule has 1 aliphatic heterocycles. The second-order valence-electron chi connectivity index (χ2n) is 6.00. The second-order valence-corrected chi connectivity index (χ2v) is 6.00. The topological polar surface area (TPSA) is 37.4 Å². The molecule has 2 rings (SSSR count). The van der Waals surface area contributed by atoms with E-state index in [1.54, 1.807) is 0 Å². The Hall–Kier alpha value is -1.13. The monoisotopic (exact) mass is 291 g/mol. The van der Waals surface area contributed by atoms with Crippen LogP contribution < -0.4 is 10.2 Å². The van der Waals surface area contributed by atoms with Crippen molar-refractivity contribution in [2.45, 2.75) is 59.2 Å². The lowest BCUT2D eigenvalue weighted by Crippen LogP contribution is -2.47. The van der Waals surface area contributed by atoms with Crippen molar-refractivity contribution >= 4 is 5.82 Å². The predicted molar refractivity (Wildman–Crippen MR) is 87.8 cm³/mol. The van der Waals surface area contributed by atoms with Crippen LogP contribution in [0.15, 0.2) is 12.1 Å². The normalized spacial score (nSPS) is 22.6. The Morgan fingerprint density at radius 2 is 2.14 bits per heavy atom. The van der Waals surface area contributed by atoms with Gasteiger partial charge in [-0.1, -0.05) is 20.3 Å². The first kappa shape index (κ1) is 16.2. The summed E-state index contributed by atoms with van der Waals surface area (Å²) in [5, 5.41) is 3.41. The Labute approximate surface area is 128 Å². The summed E-state index contributed by atoms with van der Waals surface area (Å²) in [7, 11) is 0. The van der Waals surface area contributed by atoms with Crippen molar-refractivity contribution in [1.82, 2.24) is 10.3 Å². The Kier molecular flexibility index (Phi) is 6.00. The minimum Gasteiger partial charge on any atom is -0.375 e. The largest absolute Gasteiger partial charge is 0.375 e. The predicted octanol–water partition coefficient (Wildman–Crippen LogP) is 2.76. The van der Waals surface area contributed by atoms with Crippen LogP contribution in [0.1, 0.15) is 45.4 Å². The molecule has 4 nitrogen and oxygen atoms in total. The summed E-state index contributed by atoms with van der Waals surface area (Å²) in [5.74, 6) is 1.11. The maximum absolute atomic E-state index is 5.73. The van der Waals surface area contributed by atoms with Gasteiger partial charge in [-0.25, -0.2) is 4.98 Å². The van der Waals surface area contributed by atoms with E-state index in [0.717, 1.165) is 44.9 Å². The number of aryl methyl sites for hydroxylation is 1. The zero-order valence-electron chi connectivity index (χ0n) is 13.9. The van der Waals surface area contributed by atoms with Gasteiger partial charge in [-0.05, 0) is 44.5 Å². The number of ether oxygens (including phenoxy) is 1. The average Bonchev–Trinajstić information content (AvgIpc) is 2.48. The van der Waals surface area contributed by atoms with Crippen LogP contribution in [0, 0.1) is 0 Å². The molecule has 1 fully saturated rings. The summed E-state index contributed by atoms with van der Waals surface area (Å²) >= 11 is 0. The quantitative estimate of drug-likeness (QED) is 0.874. The molecule has 2 heterocycles. The lowest BCUT2D eigenvalue weighted by molar-refractivity contribution is 0.0340. The fraction of sp³-hybridized carbons (Fsp3) is 0.706. The Morgan fingerprint density at radius 1 is 1.33 bits per heavy atom. The smallest absolute Gasteiger partial charge is 0.129 e. The van der Waals surface area contributed by atoms with Crippen molar-refractivity contribution < 1.29 is 4.74 Å². The molecule has 1 aliphatic rings. The van der Waals surface area contributed by atoms with Gasteiger partial charge in [-0.3, -0.25) is 0 Å². The van der Waals surface area contributed by atoms with E-state index in [4.69, 9.17) is 9.72 Å². The van der Waals surface area contributed by atoms with Gasteiger partial charge in [-0.15, -0.1) is 0 Å². The first-order valence-corrected chi connectivity index (χ1v) is 8.22. The number of aromatic nitrogens is 1. The summed E-state index contributed by atoms with van der Waals surface area (Å²) in [6.45, 7) is 12.3. The highest BCUT2D eigenvalue weighted by molar-refractivity contribution is 5.44. The third-order valence-electron chi connectivity index (χ3n) is 3.91. The van der Waals surface area contributed by atoms with Crippen LogP contribution in [0.2, 0.25) is 0 Å². The fourth-order valence-electron chi connectivity index (χ4n) is 2.76. The van der Waals surface area contributed by atoms with E-state index in [0.29, 0.717) is 6.04 Å². The third-order valence-corrected chi connectivity index (χ3v) is 3.91. The summed E-state index contributed by atoms with van der Waals surface area (Å²) in [5.41, 5.74) is 2.53. The molecule has 0 amide bonds. The van der Waals surface area contributed by atoms with Gasteiger partial charge in [-0.2, -0.15) is 0 Å². The Balaban J connectivity index is 2.25. The molecule has 0 aliphatic carbocycles. The zero-order chi connectivity index (χ0) is 15.2. The van der Waals surface area contributed by atoms with Crippen LogP contribution >= 0.6 is 0 Å². The molecular weight excluding hydrogens is 262 g/mol. The van der Waals surface area contributed by atoms with Crippen LogP contribution in [0.4, 0.5) is 5.82 Å². The molecule has 0 spiro atoms. The minimum absolute atomic E-state index is 0.273. The van der Waals surface area contributed by atoms with E-state index in [9.17, 15) is 0 Å². The molecule has 0 bridgehead atoms. The maximum atomic E-state index is 5.73. The van der Waals surface area contributed by atoms with Crippen molar-refractivity contribution in [2.75, 3.05) is 24.6 Å². The standard InChI is InChI=1S/C17H29N3O/c1-5-7-16-8-15(10-18-6-2)9-17(19-16)20-11-14(4)21-12-13(20)3/h8-9,13-14,18H,5-7,10-12H2,1-4H3. The first-order valence-electron chi connectivity index (χ1n) is 8.22. The molecule has 0 radical (unpaired) electrons. The van der Waals surface area contributed by atoms with E-state index >= 15 is 0 Å². The molecular formula is C17H29N3O. The number of hydrogen-bond acceptors (Lipinski definition) is 4. The molecule has 0 aromatic carbocycles. The van der Waals surface area contributed by atoms with Crippen molar-refractivity contribution in [3.05, 3.63) is 23.4 Å². The Bertz CT molecular complexity index is 450. The van der Waals surface area contributed by atoms with Gasteiger partial charge in [0.1, 0.15) is 5.82 Å². The zero-order valence-corrected chi connectivity index (χ0v) is 13.9. The lowest BCUT2D eigenvalue weighted by Gasteiger charge is -2.38. The number of rotatable bonds is 6. The molecule has 0 saturated carbocycles. The van der Waals surface area contributed by atoms with Gasteiger partial charge in [0.2, 0.25) is 0 Å². The van der Waals surface area contributed by atoms with Crippen molar-refractivity contribution in [3.63, 3.8) is 0 Å². The van der Waals surface area contributed by atoms with E-state index in [2.05, 4.69) is 50.0 Å². The van der Waals surface area contributed by atoms with Gasteiger partial charge in [0.05, 0.1) is 18.8 Å². The second kappa shape index (κ2) is 7.76. The highest BCUT2D eigenvalue weighted by atomic mass is 16.5. The average molecular weight is 291 g/mol. The molecule has 2 unspecified atom stereocenters. The van der Waals surface area contributed by atoms with E-state index in [1.807, 2.05) is 0 Å². The summed E-state index contributed by atoms with van der Waals surface area (Å²) in [6, 6.07) is 4.86. The van der Waals surface area contributed by atoms with Crippen LogP contribution in [-0.2, 0) is 17.7 Å². The van der Waals surface area contributed by atoms with Gasteiger partial charge < -0.3 is 15.0 Å². The van der Waals surface area contributed by atoms with Crippen LogP contribution in [0.3, 0.4) is 0 Å². The van der Waals surface area contributed by atoms with Crippen LogP contribution in [-0.4, -0.2) is 36.8 Å². The summed E-state index contributed by atoms with van der Waals surface area (Å²) < 4.78 is 5.73. The number of nitrogens with zero attached hydrogens (tertiary/aromatic N) is 2. The minimum atomic E-state index is 0.273. The third kappa shape index (κ3) is 4.42. The fourth-order valence-corrected chi connectivity index (χ4v) is 2.76. The molecule has 1 aromatic heterocycles. The van der Waals surface area contributed by atoms with Crippen molar-refractivity contribution in [2.24, 2.45) is 0 Å². The van der Waals surface area contributed by atoms with Gasteiger partial charge in [0.25, 0.3) is 0 Å². The van der Waals surface area contributed by atoms with Crippen LogP contribution in [0.5, 0.6) is 0 Å². The molecule has 118 valence electrons. The molecule has 2 atom stereocenters. The highest BCUT2D eigenvalue weighted by Gasteiger charge is 2.25. The first-order chi connectivity index (χ1) is 10.1. The van der Waals surface area contributed by atoms with E-state index in [1.165, 1.54) is 11.3 Å². The molecule has 1 aromatic rings. The molecule has 21 heavy (non-hydrogen) atoms. The molecule has 1 saturated heterocycles.